The highest BCUT2D eigenvalue weighted by Gasteiger charge is 2.43. The number of hydrogen-bond acceptors (Lipinski definition) is 6. The van der Waals surface area contributed by atoms with Crippen molar-refractivity contribution in [1.29, 1.82) is 5.26 Å². The van der Waals surface area contributed by atoms with Gasteiger partial charge in [0.25, 0.3) is 0 Å². The fourth-order valence-corrected chi connectivity index (χ4v) is 3.23. The largest absolute Gasteiger partial charge is 0.360 e. The Morgan fingerprint density at radius 3 is 2.62 bits per heavy atom. The zero-order valence-electron chi connectivity index (χ0n) is 14.4. The lowest BCUT2D eigenvalue weighted by Crippen LogP contribution is -2.53. The minimum atomic E-state index is -0.705. The summed E-state index contributed by atoms with van der Waals surface area (Å²) in [6, 6.07) is 4.23. The van der Waals surface area contributed by atoms with Gasteiger partial charge in [-0.3, -0.25) is 14.6 Å². The number of piperazine rings is 1. The van der Waals surface area contributed by atoms with Crippen molar-refractivity contribution in [3.63, 3.8) is 0 Å². The molecule has 1 saturated heterocycles. The monoisotopic (exact) mass is 331 g/mol. The average Bonchev–Trinajstić information content (AvgIpc) is 3.33. The van der Waals surface area contributed by atoms with Crippen LogP contribution in [0.2, 0.25) is 0 Å². The van der Waals surface area contributed by atoms with E-state index >= 15 is 0 Å². The summed E-state index contributed by atoms with van der Waals surface area (Å²) in [6.07, 6.45) is 2.06. The maximum Gasteiger partial charge on any atom is 0.235 e. The van der Waals surface area contributed by atoms with Crippen LogP contribution >= 0.6 is 0 Å². The molecule has 24 heavy (non-hydrogen) atoms. The van der Waals surface area contributed by atoms with Crippen LogP contribution in [0.1, 0.15) is 31.2 Å². The number of carbonyl (C=O) groups is 1. The van der Waals surface area contributed by atoms with Crippen molar-refractivity contribution in [3.8, 4) is 6.07 Å². The van der Waals surface area contributed by atoms with Crippen LogP contribution in [-0.2, 0) is 11.3 Å². The predicted octanol–water partition coefficient (Wildman–Crippen LogP) is 0.909. The van der Waals surface area contributed by atoms with Gasteiger partial charge in [0.1, 0.15) is 5.54 Å². The molecule has 1 amide bonds. The number of nitrogens with zero attached hydrogens (tertiary/aromatic N) is 4. The first-order valence-corrected chi connectivity index (χ1v) is 8.58. The van der Waals surface area contributed by atoms with E-state index in [1.54, 1.807) is 0 Å². The first-order chi connectivity index (χ1) is 11.5. The van der Waals surface area contributed by atoms with E-state index in [9.17, 15) is 10.1 Å². The number of rotatable bonds is 6. The van der Waals surface area contributed by atoms with Gasteiger partial charge in [-0.05, 0) is 32.6 Å². The molecule has 0 unspecified atom stereocenters. The SMILES string of the molecule is Cc1cc(CN2CCN(CC(=O)N[C@@](C)(C#N)C3CC3)CC2)on1. The quantitative estimate of drug-likeness (QED) is 0.834. The van der Waals surface area contributed by atoms with E-state index in [0.29, 0.717) is 12.5 Å². The van der Waals surface area contributed by atoms with Crippen molar-refractivity contribution in [3.05, 3.63) is 17.5 Å². The van der Waals surface area contributed by atoms with Crippen molar-refractivity contribution < 1.29 is 9.32 Å². The minimum Gasteiger partial charge on any atom is -0.360 e. The van der Waals surface area contributed by atoms with E-state index in [1.807, 2.05) is 19.9 Å². The molecule has 0 aromatic carbocycles. The number of carbonyl (C=O) groups excluding carboxylic acids is 1. The maximum atomic E-state index is 12.3. The molecule has 0 bridgehead atoms. The molecule has 7 heteroatoms. The van der Waals surface area contributed by atoms with E-state index in [4.69, 9.17) is 4.52 Å². The van der Waals surface area contributed by atoms with Crippen LogP contribution in [0.3, 0.4) is 0 Å². The number of aryl methyl sites for hydroxylation is 1. The highest BCUT2D eigenvalue weighted by molar-refractivity contribution is 5.79. The molecule has 1 aromatic heterocycles. The molecule has 7 nitrogen and oxygen atoms in total. The van der Waals surface area contributed by atoms with Crippen molar-refractivity contribution in [2.75, 3.05) is 32.7 Å². The van der Waals surface area contributed by atoms with Crippen molar-refractivity contribution >= 4 is 5.91 Å². The third-order valence-corrected chi connectivity index (χ3v) is 4.91. The molecule has 1 atom stereocenters. The second kappa shape index (κ2) is 6.91. The van der Waals surface area contributed by atoms with Gasteiger partial charge in [0.15, 0.2) is 5.76 Å². The molecular formula is C17H25N5O2. The van der Waals surface area contributed by atoms with Crippen LogP contribution in [0.25, 0.3) is 0 Å². The lowest BCUT2D eigenvalue weighted by Gasteiger charge is -2.34. The zero-order valence-corrected chi connectivity index (χ0v) is 14.4. The average molecular weight is 331 g/mol. The van der Waals surface area contributed by atoms with Gasteiger partial charge in [0, 0.05) is 32.2 Å². The van der Waals surface area contributed by atoms with Crippen LogP contribution in [0.15, 0.2) is 10.6 Å². The molecule has 1 N–H and O–H groups in total. The summed E-state index contributed by atoms with van der Waals surface area (Å²) in [5.41, 5.74) is 0.194. The van der Waals surface area contributed by atoms with Gasteiger partial charge < -0.3 is 9.84 Å². The summed E-state index contributed by atoms with van der Waals surface area (Å²) >= 11 is 0. The van der Waals surface area contributed by atoms with Gasteiger partial charge in [-0.15, -0.1) is 0 Å². The molecule has 2 aliphatic rings. The normalized spacial score (nSPS) is 21.9. The Labute approximate surface area is 142 Å². The van der Waals surface area contributed by atoms with Gasteiger partial charge in [-0.1, -0.05) is 5.16 Å². The summed E-state index contributed by atoms with van der Waals surface area (Å²) in [4.78, 5) is 16.7. The van der Waals surface area contributed by atoms with Crippen molar-refractivity contribution in [2.45, 2.75) is 38.8 Å². The molecule has 1 aromatic rings. The minimum absolute atomic E-state index is 0.0507. The molecule has 2 fully saturated rings. The Morgan fingerprint density at radius 1 is 1.42 bits per heavy atom. The van der Waals surface area contributed by atoms with E-state index < -0.39 is 5.54 Å². The van der Waals surface area contributed by atoms with Gasteiger partial charge in [-0.2, -0.15) is 5.26 Å². The third kappa shape index (κ3) is 4.13. The Hall–Kier alpha value is -1.91. The van der Waals surface area contributed by atoms with Crippen LogP contribution in [-0.4, -0.2) is 59.1 Å². The van der Waals surface area contributed by atoms with Crippen LogP contribution < -0.4 is 5.32 Å². The number of nitrogens with one attached hydrogen (secondary N) is 1. The second-order valence-corrected chi connectivity index (χ2v) is 7.12. The first-order valence-electron chi connectivity index (χ1n) is 8.58. The Kier molecular flexibility index (Phi) is 4.88. The molecule has 2 heterocycles. The first kappa shape index (κ1) is 16.9. The van der Waals surface area contributed by atoms with Crippen molar-refractivity contribution in [2.24, 2.45) is 5.92 Å². The molecule has 3 rings (SSSR count). The Balaban J connectivity index is 1.42. The maximum absolute atomic E-state index is 12.3. The number of hydrogen-bond donors (Lipinski definition) is 1. The smallest absolute Gasteiger partial charge is 0.235 e. The predicted molar refractivity (Wildman–Crippen MR) is 87.8 cm³/mol. The highest BCUT2D eigenvalue weighted by Crippen LogP contribution is 2.39. The molecule has 0 radical (unpaired) electrons. The molecule has 130 valence electrons. The number of amides is 1. The Bertz CT molecular complexity index is 625. The summed E-state index contributed by atoms with van der Waals surface area (Å²) in [5.74, 6) is 1.15. The molecule has 1 aliphatic carbocycles. The number of aromatic nitrogens is 1. The van der Waals surface area contributed by atoms with Crippen LogP contribution in [0.4, 0.5) is 0 Å². The lowest BCUT2D eigenvalue weighted by atomic mass is 9.98. The van der Waals surface area contributed by atoms with Crippen LogP contribution in [0.5, 0.6) is 0 Å². The standard InChI is InChI=1S/C17H25N5O2/c1-13-9-15(24-20-13)10-21-5-7-22(8-6-21)11-16(23)19-17(2,12-18)14-3-4-14/h9,14H,3-8,10-11H2,1-2H3,(H,19,23)/t17-/m0/s1. The van der Waals surface area contributed by atoms with Gasteiger partial charge in [-0.25, -0.2) is 0 Å². The van der Waals surface area contributed by atoms with Crippen LogP contribution in [0, 0.1) is 24.2 Å². The van der Waals surface area contributed by atoms with E-state index in [-0.39, 0.29) is 5.91 Å². The summed E-state index contributed by atoms with van der Waals surface area (Å²) in [6.45, 7) is 8.34. The number of nitriles is 1. The van der Waals surface area contributed by atoms with Gasteiger partial charge >= 0.3 is 0 Å². The lowest BCUT2D eigenvalue weighted by molar-refractivity contribution is -0.124. The third-order valence-electron chi connectivity index (χ3n) is 4.91. The highest BCUT2D eigenvalue weighted by atomic mass is 16.5. The van der Waals surface area contributed by atoms with E-state index in [0.717, 1.165) is 57.0 Å². The topological polar surface area (TPSA) is 85.4 Å². The molecule has 0 spiro atoms. The fraction of sp³-hybridized carbons (Fsp3) is 0.706. The molecule has 1 aliphatic heterocycles. The van der Waals surface area contributed by atoms with Gasteiger partial charge in [0.05, 0.1) is 24.9 Å². The van der Waals surface area contributed by atoms with Gasteiger partial charge in [0.2, 0.25) is 5.91 Å². The summed E-state index contributed by atoms with van der Waals surface area (Å²) < 4.78 is 5.25. The summed E-state index contributed by atoms with van der Waals surface area (Å²) in [5, 5.41) is 16.2. The Morgan fingerprint density at radius 2 is 2.08 bits per heavy atom. The fourth-order valence-electron chi connectivity index (χ4n) is 3.23. The molecule has 1 saturated carbocycles. The summed E-state index contributed by atoms with van der Waals surface area (Å²) in [7, 11) is 0. The van der Waals surface area contributed by atoms with E-state index in [1.165, 1.54) is 0 Å². The zero-order chi connectivity index (χ0) is 17.2. The molecular weight excluding hydrogens is 306 g/mol. The van der Waals surface area contributed by atoms with Crippen molar-refractivity contribution in [1.82, 2.24) is 20.3 Å². The van der Waals surface area contributed by atoms with E-state index in [2.05, 4.69) is 26.3 Å². The second-order valence-electron chi connectivity index (χ2n) is 7.12.